The first-order valence-electron chi connectivity index (χ1n) is 8.98. The van der Waals surface area contributed by atoms with E-state index in [9.17, 15) is 4.79 Å². The van der Waals surface area contributed by atoms with E-state index < -0.39 is 0 Å². The number of nitrogens with zero attached hydrogens (tertiary/aromatic N) is 1. The van der Waals surface area contributed by atoms with E-state index >= 15 is 0 Å². The highest BCUT2D eigenvalue weighted by molar-refractivity contribution is 9.10. The first-order chi connectivity index (χ1) is 12.7. The number of benzene rings is 2. The van der Waals surface area contributed by atoms with E-state index in [1.165, 1.54) is 5.56 Å². The Morgan fingerprint density at radius 3 is 2.50 bits per heavy atom. The molecular formula is C21H23Br2NO2. The van der Waals surface area contributed by atoms with Gasteiger partial charge in [-0.3, -0.25) is 4.79 Å². The first kappa shape index (κ1) is 19.6. The Bertz CT molecular complexity index is 706. The smallest absolute Gasteiger partial charge is 0.228 e. The molecule has 1 aliphatic carbocycles. The standard InChI is InChI=1S/C21H23Br2NO2/c22-14-13-21(25)24(18-11-9-17(23)10-12-18)19-7-4-8-20(19)26-15-16-5-2-1-3-6-16/h1-3,5-6,9-12,19-20H,4,7-8,13-15H2. The second kappa shape index (κ2) is 9.67. The lowest BCUT2D eigenvalue weighted by Gasteiger charge is -2.33. The van der Waals surface area contributed by atoms with Crippen molar-refractivity contribution < 1.29 is 9.53 Å². The molecule has 2 aromatic carbocycles. The number of carbonyl (C=O) groups is 1. The van der Waals surface area contributed by atoms with E-state index in [0.717, 1.165) is 29.4 Å². The lowest BCUT2D eigenvalue weighted by atomic mass is 10.1. The van der Waals surface area contributed by atoms with E-state index in [4.69, 9.17) is 4.74 Å². The van der Waals surface area contributed by atoms with Gasteiger partial charge in [-0.2, -0.15) is 0 Å². The van der Waals surface area contributed by atoms with Crippen LogP contribution in [0.5, 0.6) is 0 Å². The Morgan fingerprint density at radius 1 is 1.08 bits per heavy atom. The molecule has 1 amide bonds. The van der Waals surface area contributed by atoms with Crippen molar-refractivity contribution in [3.8, 4) is 0 Å². The molecular weight excluding hydrogens is 458 g/mol. The number of amides is 1. The van der Waals surface area contributed by atoms with Gasteiger partial charge in [0.25, 0.3) is 0 Å². The summed E-state index contributed by atoms with van der Waals surface area (Å²) in [4.78, 5) is 14.8. The maximum atomic E-state index is 12.9. The minimum Gasteiger partial charge on any atom is -0.371 e. The van der Waals surface area contributed by atoms with Crippen molar-refractivity contribution in [3.05, 3.63) is 64.6 Å². The molecule has 0 heterocycles. The molecule has 0 spiro atoms. The van der Waals surface area contributed by atoms with E-state index in [1.54, 1.807) is 0 Å². The van der Waals surface area contributed by atoms with Crippen molar-refractivity contribution >= 4 is 43.5 Å². The molecule has 1 aliphatic rings. The Kier molecular flexibility index (Phi) is 7.29. The summed E-state index contributed by atoms with van der Waals surface area (Å²) in [6.45, 7) is 0.586. The van der Waals surface area contributed by atoms with E-state index in [0.29, 0.717) is 18.4 Å². The van der Waals surface area contributed by atoms with Crippen molar-refractivity contribution in [1.82, 2.24) is 0 Å². The lowest BCUT2D eigenvalue weighted by molar-refractivity contribution is -0.119. The highest BCUT2D eigenvalue weighted by Crippen LogP contribution is 2.32. The van der Waals surface area contributed by atoms with Gasteiger partial charge in [0.2, 0.25) is 5.91 Å². The van der Waals surface area contributed by atoms with Crippen molar-refractivity contribution in [1.29, 1.82) is 0 Å². The van der Waals surface area contributed by atoms with Crippen LogP contribution in [-0.2, 0) is 16.1 Å². The number of alkyl halides is 1. The zero-order chi connectivity index (χ0) is 18.4. The second-order valence-electron chi connectivity index (χ2n) is 6.51. The Balaban J connectivity index is 1.77. The summed E-state index contributed by atoms with van der Waals surface area (Å²) < 4.78 is 7.25. The number of anilines is 1. The Labute approximate surface area is 172 Å². The van der Waals surface area contributed by atoms with Crippen LogP contribution in [0.25, 0.3) is 0 Å². The molecule has 3 rings (SSSR count). The van der Waals surface area contributed by atoms with Gasteiger partial charge in [-0.05, 0) is 49.1 Å². The number of hydrogen-bond donors (Lipinski definition) is 0. The van der Waals surface area contributed by atoms with Gasteiger partial charge in [-0.1, -0.05) is 62.2 Å². The SMILES string of the molecule is O=C(CCBr)N(c1ccc(Br)cc1)C1CCCC1OCc1ccccc1. The van der Waals surface area contributed by atoms with Crippen LogP contribution in [0.3, 0.4) is 0 Å². The Hall–Kier alpha value is -1.17. The molecule has 0 aromatic heterocycles. The van der Waals surface area contributed by atoms with Crippen molar-refractivity contribution in [2.75, 3.05) is 10.2 Å². The van der Waals surface area contributed by atoms with Crippen LogP contribution < -0.4 is 4.90 Å². The van der Waals surface area contributed by atoms with Gasteiger partial charge in [-0.25, -0.2) is 0 Å². The summed E-state index contributed by atoms with van der Waals surface area (Å²) in [6, 6.07) is 18.3. The van der Waals surface area contributed by atoms with Gasteiger partial charge in [-0.15, -0.1) is 0 Å². The molecule has 0 aliphatic heterocycles. The fraction of sp³-hybridized carbons (Fsp3) is 0.381. The minimum atomic E-state index is 0.0677. The third-order valence-electron chi connectivity index (χ3n) is 4.74. The van der Waals surface area contributed by atoms with Crippen LogP contribution in [0.1, 0.15) is 31.2 Å². The van der Waals surface area contributed by atoms with Gasteiger partial charge >= 0.3 is 0 Å². The zero-order valence-corrected chi connectivity index (χ0v) is 17.8. The van der Waals surface area contributed by atoms with Gasteiger partial charge in [0.05, 0.1) is 18.8 Å². The molecule has 2 unspecified atom stereocenters. The largest absolute Gasteiger partial charge is 0.371 e. The highest BCUT2D eigenvalue weighted by atomic mass is 79.9. The number of hydrogen-bond acceptors (Lipinski definition) is 2. The van der Waals surface area contributed by atoms with Crippen LogP contribution in [-0.4, -0.2) is 23.4 Å². The predicted molar refractivity (Wildman–Crippen MR) is 113 cm³/mol. The molecule has 0 bridgehead atoms. The van der Waals surface area contributed by atoms with Crippen LogP contribution in [0.4, 0.5) is 5.69 Å². The maximum Gasteiger partial charge on any atom is 0.228 e. The highest BCUT2D eigenvalue weighted by Gasteiger charge is 2.36. The fourth-order valence-electron chi connectivity index (χ4n) is 3.50. The zero-order valence-electron chi connectivity index (χ0n) is 14.6. The third-order valence-corrected chi connectivity index (χ3v) is 5.66. The number of halogens is 2. The van der Waals surface area contributed by atoms with Gasteiger partial charge in [0.1, 0.15) is 0 Å². The molecule has 1 fully saturated rings. The van der Waals surface area contributed by atoms with Crippen LogP contribution >= 0.6 is 31.9 Å². The van der Waals surface area contributed by atoms with Crippen LogP contribution in [0, 0.1) is 0 Å². The number of rotatable bonds is 7. The van der Waals surface area contributed by atoms with Gasteiger partial charge < -0.3 is 9.64 Å². The van der Waals surface area contributed by atoms with E-state index in [-0.39, 0.29) is 18.1 Å². The molecule has 138 valence electrons. The average Bonchev–Trinajstić information content (AvgIpc) is 3.11. The van der Waals surface area contributed by atoms with Crippen molar-refractivity contribution in [2.24, 2.45) is 0 Å². The molecule has 0 saturated heterocycles. The van der Waals surface area contributed by atoms with Gasteiger partial charge in [0, 0.05) is 21.9 Å². The summed E-state index contributed by atoms with van der Waals surface area (Å²) in [6.07, 6.45) is 3.60. The lowest BCUT2D eigenvalue weighted by Crippen LogP contribution is -2.45. The van der Waals surface area contributed by atoms with E-state index in [1.807, 2.05) is 47.4 Å². The monoisotopic (exact) mass is 479 g/mol. The molecule has 2 aromatic rings. The fourth-order valence-corrected chi connectivity index (χ4v) is 4.10. The number of ether oxygens (including phenoxy) is 1. The van der Waals surface area contributed by atoms with Gasteiger partial charge in [0.15, 0.2) is 0 Å². The third kappa shape index (κ3) is 4.96. The second-order valence-corrected chi connectivity index (χ2v) is 8.22. The summed E-state index contributed by atoms with van der Waals surface area (Å²) in [5, 5.41) is 0.668. The summed E-state index contributed by atoms with van der Waals surface area (Å²) in [5.41, 5.74) is 2.11. The summed E-state index contributed by atoms with van der Waals surface area (Å²) in [7, 11) is 0. The van der Waals surface area contributed by atoms with Crippen molar-refractivity contribution in [2.45, 2.75) is 44.4 Å². The van der Waals surface area contributed by atoms with Crippen LogP contribution in [0.2, 0.25) is 0 Å². The quantitative estimate of drug-likeness (QED) is 0.475. The molecule has 5 heteroatoms. The molecule has 0 radical (unpaired) electrons. The first-order valence-corrected chi connectivity index (χ1v) is 10.9. The molecule has 1 saturated carbocycles. The topological polar surface area (TPSA) is 29.5 Å². The van der Waals surface area contributed by atoms with Crippen LogP contribution in [0.15, 0.2) is 59.1 Å². The minimum absolute atomic E-state index is 0.0677. The Morgan fingerprint density at radius 2 is 1.81 bits per heavy atom. The van der Waals surface area contributed by atoms with E-state index in [2.05, 4.69) is 44.0 Å². The summed E-state index contributed by atoms with van der Waals surface area (Å²) >= 11 is 6.87. The maximum absolute atomic E-state index is 12.9. The van der Waals surface area contributed by atoms with Crippen molar-refractivity contribution in [3.63, 3.8) is 0 Å². The predicted octanol–water partition coefficient (Wildman–Crippen LogP) is 5.71. The summed E-state index contributed by atoms with van der Waals surface area (Å²) in [5.74, 6) is 0.143. The molecule has 3 nitrogen and oxygen atoms in total. The molecule has 2 atom stereocenters. The molecule has 26 heavy (non-hydrogen) atoms. The normalized spacial score (nSPS) is 19.5. The molecule has 0 N–H and O–H groups in total. The number of carbonyl (C=O) groups excluding carboxylic acids is 1. The average molecular weight is 481 g/mol.